The fraction of sp³-hybridized carbons (Fsp3) is 0.308. The summed E-state index contributed by atoms with van der Waals surface area (Å²) < 4.78 is 13.1. The first-order valence-electron chi connectivity index (χ1n) is 11.4. The predicted octanol–water partition coefficient (Wildman–Crippen LogP) is 4.83. The number of pyridine rings is 1. The average molecular weight is 463 g/mol. The molecule has 0 atom stereocenters. The van der Waals surface area contributed by atoms with Gasteiger partial charge in [-0.3, -0.25) is 24.8 Å². The molecule has 1 N–H and O–H groups in total. The van der Waals surface area contributed by atoms with Gasteiger partial charge in [0.05, 0.1) is 10.5 Å². The van der Waals surface area contributed by atoms with E-state index in [-0.39, 0.29) is 17.4 Å². The first-order valence-corrected chi connectivity index (χ1v) is 11.4. The number of nitro groups is 1. The Labute approximate surface area is 197 Å². The van der Waals surface area contributed by atoms with Crippen molar-refractivity contribution in [2.24, 2.45) is 5.92 Å². The molecule has 34 heavy (non-hydrogen) atoms. The molecule has 1 saturated heterocycles. The molecule has 0 spiro atoms. The Kier molecular flexibility index (Phi) is 7.59. The number of aromatic nitrogens is 1. The fourth-order valence-electron chi connectivity index (χ4n) is 4.27. The number of hydrogen-bond acceptors (Lipinski definition) is 5. The van der Waals surface area contributed by atoms with E-state index in [2.05, 4.69) is 15.2 Å². The van der Waals surface area contributed by atoms with Gasteiger partial charge in [-0.15, -0.1) is 0 Å². The Hall–Kier alpha value is -3.65. The Morgan fingerprint density at radius 1 is 1.06 bits per heavy atom. The summed E-state index contributed by atoms with van der Waals surface area (Å²) in [5.41, 5.74) is 3.10. The van der Waals surface area contributed by atoms with Crippen molar-refractivity contribution in [3.63, 3.8) is 0 Å². The maximum Gasteiger partial charge on any atom is 0.269 e. The average Bonchev–Trinajstić information content (AvgIpc) is 2.86. The van der Waals surface area contributed by atoms with Gasteiger partial charge in [0.1, 0.15) is 5.82 Å². The standard InChI is InChI=1S/C26H27FN4O3/c27-24-5-1-20(2-6-24)18-30-13-10-19(11-14-30)9-12-29-26(32)23-15-22(16-28-17-23)21-3-7-25(8-4-21)31(33)34/h1-8,15-17,19H,9-14,18H2,(H,29,32). The van der Waals surface area contributed by atoms with Gasteiger partial charge in [0.25, 0.3) is 11.6 Å². The van der Waals surface area contributed by atoms with Gasteiger partial charge < -0.3 is 5.32 Å². The molecule has 0 bridgehead atoms. The first-order chi connectivity index (χ1) is 16.5. The van der Waals surface area contributed by atoms with E-state index in [9.17, 15) is 19.3 Å². The number of nitro benzene ring substituents is 1. The van der Waals surface area contributed by atoms with Crippen LogP contribution in [0, 0.1) is 21.8 Å². The highest BCUT2D eigenvalue weighted by Gasteiger charge is 2.19. The van der Waals surface area contributed by atoms with Crippen molar-refractivity contribution in [3.05, 3.63) is 94.0 Å². The molecule has 2 heterocycles. The van der Waals surface area contributed by atoms with Crippen LogP contribution in [-0.2, 0) is 6.54 Å². The SMILES string of the molecule is O=C(NCCC1CCN(Cc2ccc(F)cc2)CC1)c1cncc(-c2ccc([N+](=O)[O-])cc2)c1. The van der Waals surface area contributed by atoms with E-state index >= 15 is 0 Å². The van der Waals surface area contributed by atoms with Crippen LogP contribution in [0.25, 0.3) is 11.1 Å². The Morgan fingerprint density at radius 2 is 1.76 bits per heavy atom. The third-order valence-corrected chi connectivity index (χ3v) is 6.28. The molecule has 1 fully saturated rings. The van der Waals surface area contributed by atoms with Crippen molar-refractivity contribution in [2.45, 2.75) is 25.8 Å². The molecule has 2 aromatic carbocycles. The van der Waals surface area contributed by atoms with Crippen LogP contribution in [0.2, 0.25) is 0 Å². The number of nitrogens with one attached hydrogen (secondary N) is 1. The maximum atomic E-state index is 13.1. The highest BCUT2D eigenvalue weighted by molar-refractivity contribution is 5.95. The number of rotatable bonds is 8. The van der Waals surface area contributed by atoms with Crippen LogP contribution in [0.4, 0.5) is 10.1 Å². The zero-order chi connectivity index (χ0) is 23.9. The van der Waals surface area contributed by atoms with Gasteiger partial charge in [0.2, 0.25) is 0 Å². The first kappa shape index (κ1) is 23.5. The Morgan fingerprint density at radius 3 is 2.44 bits per heavy atom. The van der Waals surface area contributed by atoms with E-state index in [4.69, 9.17) is 0 Å². The minimum absolute atomic E-state index is 0.0203. The predicted molar refractivity (Wildman–Crippen MR) is 128 cm³/mol. The quantitative estimate of drug-likeness (QED) is 0.383. The third-order valence-electron chi connectivity index (χ3n) is 6.28. The number of nitrogens with zero attached hydrogens (tertiary/aromatic N) is 3. The van der Waals surface area contributed by atoms with Gasteiger partial charge in [-0.2, -0.15) is 0 Å². The molecular formula is C26H27FN4O3. The van der Waals surface area contributed by atoms with Crippen molar-refractivity contribution in [1.29, 1.82) is 0 Å². The number of piperidine rings is 1. The Balaban J connectivity index is 1.22. The van der Waals surface area contributed by atoms with Crippen LogP contribution in [0.1, 0.15) is 35.2 Å². The highest BCUT2D eigenvalue weighted by Crippen LogP contribution is 2.23. The summed E-state index contributed by atoms with van der Waals surface area (Å²) in [6.07, 6.45) is 6.24. The van der Waals surface area contributed by atoms with Crippen molar-refractivity contribution >= 4 is 11.6 Å². The molecule has 0 radical (unpaired) electrons. The lowest BCUT2D eigenvalue weighted by atomic mass is 9.93. The largest absolute Gasteiger partial charge is 0.352 e. The fourth-order valence-corrected chi connectivity index (χ4v) is 4.27. The zero-order valence-corrected chi connectivity index (χ0v) is 18.8. The van der Waals surface area contributed by atoms with E-state index in [1.807, 2.05) is 12.1 Å². The van der Waals surface area contributed by atoms with E-state index < -0.39 is 4.92 Å². The second kappa shape index (κ2) is 11.0. The van der Waals surface area contributed by atoms with Crippen LogP contribution in [0.5, 0.6) is 0 Å². The van der Waals surface area contributed by atoms with E-state index in [0.717, 1.165) is 55.6 Å². The molecule has 176 valence electrons. The summed E-state index contributed by atoms with van der Waals surface area (Å²) in [4.78, 5) is 29.6. The minimum Gasteiger partial charge on any atom is -0.352 e. The molecule has 8 heteroatoms. The molecule has 1 aliphatic rings. The van der Waals surface area contributed by atoms with Crippen LogP contribution < -0.4 is 5.32 Å². The molecule has 0 aliphatic carbocycles. The minimum atomic E-state index is -0.443. The number of benzene rings is 2. The van der Waals surface area contributed by atoms with Gasteiger partial charge in [0.15, 0.2) is 0 Å². The molecule has 0 saturated carbocycles. The monoisotopic (exact) mass is 462 g/mol. The number of carbonyl (C=O) groups excluding carboxylic acids is 1. The highest BCUT2D eigenvalue weighted by atomic mass is 19.1. The van der Waals surface area contributed by atoms with Gasteiger partial charge in [-0.05, 0) is 79.7 Å². The number of non-ortho nitro benzene ring substituents is 1. The molecule has 1 amide bonds. The zero-order valence-electron chi connectivity index (χ0n) is 18.8. The third kappa shape index (κ3) is 6.23. The molecule has 1 aliphatic heterocycles. The van der Waals surface area contributed by atoms with Crippen molar-refractivity contribution in [3.8, 4) is 11.1 Å². The smallest absolute Gasteiger partial charge is 0.269 e. The van der Waals surface area contributed by atoms with Crippen molar-refractivity contribution < 1.29 is 14.1 Å². The normalized spacial score (nSPS) is 14.6. The van der Waals surface area contributed by atoms with Gasteiger partial charge >= 0.3 is 0 Å². The molecule has 1 aromatic heterocycles. The van der Waals surface area contributed by atoms with Crippen molar-refractivity contribution in [2.75, 3.05) is 19.6 Å². The van der Waals surface area contributed by atoms with Gasteiger partial charge in [-0.25, -0.2) is 4.39 Å². The van der Waals surface area contributed by atoms with E-state index in [1.165, 1.54) is 30.5 Å². The van der Waals surface area contributed by atoms with Gasteiger partial charge in [-0.1, -0.05) is 12.1 Å². The molecule has 3 aromatic rings. The number of hydrogen-bond donors (Lipinski definition) is 1. The van der Waals surface area contributed by atoms with Crippen LogP contribution in [0.3, 0.4) is 0 Å². The lowest BCUT2D eigenvalue weighted by Gasteiger charge is -2.32. The molecule has 7 nitrogen and oxygen atoms in total. The molecule has 4 rings (SSSR count). The number of carbonyl (C=O) groups is 1. The number of likely N-dealkylation sites (tertiary alicyclic amines) is 1. The summed E-state index contributed by atoms with van der Waals surface area (Å²) >= 11 is 0. The molecular weight excluding hydrogens is 435 g/mol. The van der Waals surface area contributed by atoms with Crippen LogP contribution in [0.15, 0.2) is 67.0 Å². The molecule has 0 unspecified atom stereocenters. The summed E-state index contributed by atoms with van der Waals surface area (Å²) in [7, 11) is 0. The van der Waals surface area contributed by atoms with Crippen molar-refractivity contribution in [1.82, 2.24) is 15.2 Å². The lowest BCUT2D eigenvalue weighted by molar-refractivity contribution is -0.384. The van der Waals surface area contributed by atoms with Crippen LogP contribution in [-0.4, -0.2) is 40.3 Å². The summed E-state index contributed by atoms with van der Waals surface area (Å²) in [6, 6.07) is 14.6. The number of amides is 1. The lowest BCUT2D eigenvalue weighted by Crippen LogP contribution is -2.34. The summed E-state index contributed by atoms with van der Waals surface area (Å²) in [5.74, 6) is 0.178. The summed E-state index contributed by atoms with van der Waals surface area (Å²) in [6.45, 7) is 3.43. The topological polar surface area (TPSA) is 88.4 Å². The second-order valence-corrected chi connectivity index (χ2v) is 8.66. The maximum absolute atomic E-state index is 13.1. The van der Waals surface area contributed by atoms with Crippen LogP contribution >= 0.6 is 0 Å². The van der Waals surface area contributed by atoms with E-state index in [0.29, 0.717) is 18.0 Å². The summed E-state index contributed by atoms with van der Waals surface area (Å²) in [5, 5.41) is 13.8. The Bertz CT molecular complexity index is 1130. The van der Waals surface area contributed by atoms with Gasteiger partial charge in [0, 0.05) is 43.2 Å². The number of halogens is 1. The second-order valence-electron chi connectivity index (χ2n) is 8.66. The van der Waals surface area contributed by atoms with E-state index in [1.54, 1.807) is 24.4 Å².